The third-order valence-corrected chi connectivity index (χ3v) is 1.65. The Kier molecular flexibility index (Phi) is 8.86. The van der Waals surface area contributed by atoms with E-state index in [2.05, 4.69) is 11.5 Å². The van der Waals surface area contributed by atoms with Crippen molar-refractivity contribution in [2.45, 2.75) is 13.1 Å². The van der Waals surface area contributed by atoms with E-state index >= 15 is 0 Å². The summed E-state index contributed by atoms with van der Waals surface area (Å²) in [5, 5.41) is 0. The lowest BCUT2D eigenvalue weighted by atomic mass is 10.5. The fourth-order valence-corrected chi connectivity index (χ4v) is 0.910. The van der Waals surface area contributed by atoms with Crippen LogP contribution in [0.25, 0.3) is 0 Å². The Hall–Kier alpha value is -1.37. The van der Waals surface area contributed by atoms with Crippen molar-refractivity contribution in [3.8, 4) is 0 Å². The molecular formula is C11H19N2O5P. The van der Waals surface area contributed by atoms with Gasteiger partial charge in [-0.05, 0) is 30.9 Å². The van der Waals surface area contributed by atoms with Crippen LogP contribution < -0.4 is 21.3 Å². The predicted molar refractivity (Wildman–Crippen MR) is 64.1 cm³/mol. The number of rotatable bonds is 2. The zero-order valence-corrected chi connectivity index (χ0v) is 11.7. The van der Waals surface area contributed by atoms with Gasteiger partial charge in [-0.25, -0.2) is 0 Å². The lowest BCUT2D eigenvalue weighted by molar-refractivity contribution is -0.390. The molecule has 0 aliphatic heterocycles. The highest BCUT2D eigenvalue weighted by Gasteiger charge is 1.88. The first kappa shape index (κ1) is 17.6. The van der Waals surface area contributed by atoms with E-state index in [0.717, 1.165) is 24.6 Å². The van der Waals surface area contributed by atoms with Gasteiger partial charge in [0.25, 0.3) is 0 Å². The van der Waals surface area contributed by atoms with Crippen LogP contribution in [0, 0.1) is 0 Å². The molecule has 8 heteroatoms. The van der Waals surface area contributed by atoms with Crippen molar-refractivity contribution in [2.75, 3.05) is 6.66 Å². The Morgan fingerprint density at radius 1 is 1.05 bits per heavy atom. The molecule has 0 aliphatic carbocycles. The van der Waals surface area contributed by atoms with E-state index in [4.69, 9.17) is 23.2 Å². The van der Waals surface area contributed by atoms with Crippen LogP contribution in [0.15, 0.2) is 45.6 Å². The van der Waals surface area contributed by atoms with Crippen molar-refractivity contribution in [3.05, 3.63) is 48.3 Å². The van der Waals surface area contributed by atoms with Crippen LogP contribution in [0.3, 0.4) is 0 Å². The fourth-order valence-electron chi connectivity index (χ4n) is 0.910. The monoisotopic (exact) mass is 290 g/mol. The third kappa shape index (κ3) is 12.9. The van der Waals surface area contributed by atoms with Crippen LogP contribution in [-0.4, -0.2) is 6.66 Å². The molecule has 0 saturated heterocycles. The maximum atomic E-state index is 9.10. The normalized spacial score (nSPS) is 9.95. The average molecular weight is 290 g/mol. The lowest BCUT2D eigenvalue weighted by Crippen LogP contribution is -2.47. The van der Waals surface area contributed by atoms with Crippen LogP contribution in [0.5, 0.6) is 0 Å². The summed E-state index contributed by atoms with van der Waals surface area (Å²) in [5.74, 6) is 1.89. The fraction of sp³-hybridized carbons (Fsp3) is 0.273. The second-order valence-corrected chi connectivity index (χ2v) is 4.97. The van der Waals surface area contributed by atoms with Crippen molar-refractivity contribution in [1.29, 1.82) is 0 Å². The highest BCUT2D eigenvalue weighted by molar-refractivity contribution is 7.47. The molecule has 2 rings (SSSR count). The highest BCUT2D eigenvalue weighted by Crippen LogP contribution is 2.12. The van der Waals surface area contributed by atoms with Gasteiger partial charge < -0.3 is 34.7 Å². The molecule has 0 bridgehead atoms. The van der Waals surface area contributed by atoms with E-state index in [0.29, 0.717) is 6.66 Å². The van der Waals surface area contributed by atoms with E-state index in [1.165, 1.54) is 0 Å². The molecule has 0 atom stereocenters. The molecule has 0 fully saturated rings. The van der Waals surface area contributed by atoms with E-state index in [1.807, 2.05) is 24.3 Å². The van der Waals surface area contributed by atoms with Crippen LogP contribution in [0.4, 0.5) is 0 Å². The molecule has 19 heavy (non-hydrogen) atoms. The Morgan fingerprint density at radius 2 is 1.37 bits per heavy atom. The molecule has 2 aromatic heterocycles. The Morgan fingerprint density at radius 3 is 1.47 bits per heavy atom. The quantitative estimate of drug-likeness (QED) is 0.651. The van der Waals surface area contributed by atoms with Gasteiger partial charge in [0.15, 0.2) is 11.5 Å². The van der Waals surface area contributed by atoms with Gasteiger partial charge in [0.05, 0.1) is 12.5 Å². The Labute approximate surface area is 111 Å². The standard InChI is InChI=1S/2C5H7NO.CH5O3P/c2*6-4-5-2-1-3-7-5;1-5(2,3)4/h2*1-3H,4,6H2;1H3,(H2,2,3,4). The summed E-state index contributed by atoms with van der Waals surface area (Å²) in [6, 6.07) is 7.54. The molecule has 6 N–H and O–H groups in total. The summed E-state index contributed by atoms with van der Waals surface area (Å²) in [5.41, 5.74) is 7.27. The maximum Gasteiger partial charge on any atom is 0.157 e. The molecule has 0 aliphatic rings. The van der Waals surface area contributed by atoms with Gasteiger partial charge in [-0.15, -0.1) is 0 Å². The average Bonchev–Trinajstić information content (AvgIpc) is 3.01. The Bertz CT molecular complexity index is 407. The van der Waals surface area contributed by atoms with E-state index in [-0.39, 0.29) is 0 Å². The first-order valence-electron chi connectivity index (χ1n) is 5.49. The van der Waals surface area contributed by atoms with Gasteiger partial charge in [0, 0.05) is 0 Å². The summed E-state index contributed by atoms with van der Waals surface area (Å²) in [6.07, 6.45) is 3.31. The van der Waals surface area contributed by atoms with Crippen molar-refractivity contribution >= 4 is 7.60 Å². The summed E-state index contributed by atoms with van der Waals surface area (Å²) in [4.78, 5) is 18.2. The van der Waals surface area contributed by atoms with Gasteiger partial charge in [-0.1, -0.05) is 7.60 Å². The molecule has 0 amide bonds. The van der Waals surface area contributed by atoms with E-state index in [9.17, 15) is 0 Å². The third-order valence-electron chi connectivity index (χ3n) is 1.65. The molecule has 2 heterocycles. The number of quaternary nitrogens is 2. The number of hydrogen-bond donors (Lipinski definition) is 2. The number of hydrogen-bond acceptors (Lipinski definition) is 5. The van der Waals surface area contributed by atoms with E-state index < -0.39 is 7.60 Å². The minimum absolute atomic E-state index is 0.632. The maximum absolute atomic E-state index is 9.10. The largest absolute Gasteiger partial charge is 0.811 e. The van der Waals surface area contributed by atoms with Crippen LogP contribution >= 0.6 is 7.60 Å². The van der Waals surface area contributed by atoms with Crippen LogP contribution in [0.2, 0.25) is 0 Å². The molecule has 7 nitrogen and oxygen atoms in total. The van der Waals surface area contributed by atoms with Crippen molar-refractivity contribution in [3.63, 3.8) is 0 Å². The second kappa shape index (κ2) is 9.55. The van der Waals surface area contributed by atoms with Gasteiger partial charge in [-0.3, -0.25) is 0 Å². The molecule has 0 aromatic carbocycles. The van der Waals surface area contributed by atoms with Gasteiger partial charge in [0.1, 0.15) is 13.1 Å². The zero-order chi connectivity index (χ0) is 14.7. The molecular weight excluding hydrogens is 271 g/mol. The van der Waals surface area contributed by atoms with Gasteiger partial charge in [-0.2, -0.15) is 0 Å². The molecule has 108 valence electrons. The predicted octanol–water partition coefficient (Wildman–Crippen LogP) is -1.43. The topological polar surface area (TPSA) is 145 Å². The number of furan rings is 2. The van der Waals surface area contributed by atoms with Crippen molar-refractivity contribution < 1.29 is 34.7 Å². The molecule has 0 spiro atoms. The molecule has 0 radical (unpaired) electrons. The smallest absolute Gasteiger partial charge is 0.157 e. The van der Waals surface area contributed by atoms with E-state index in [1.54, 1.807) is 12.5 Å². The highest BCUT2D eigenvalue weighted by atomic mass is 31.2. The first-order valence-corrected chi connectivity index (χ1v) is 7.48. The van der Waals surface area contributed by atoms with Crippen molar-refractivity contribution in [2.24, 2.45) is 0 Å². The van der Waals surface area contributed by atoms with Crippen LogP contribution in [-0.2, 0) is 17.7 Å². The van der Waals surface area contributed by atoms with Gasteiger partial charge >= 0.3 is 0 Å². The zero-order valence-electron chi connectivity index (χ0n) is 10.8. The molecule has 2 aromatic rings. The van der Waals surface area contributed by atoms with Gasteiger partial charge in [0.2, 0.25) is 0 Å². The second-order valence-electron chi connectivity index (χ2n) is 3.43. The molecule has 0 saturated carbocycles. The Balaban J connectivity index is 0.000000261. The summed E-state index contributed by atoms with van der Waals surface area (Å²) >= 11 is 0. The summed E-state index contributed by atoms with van der Waals surface area (Å²) < 4.78 is 18.9. The van der Waals surface area contributed by atoms with Crippen LogP contribution in [0.1, 0.15) is 11.5 Å². The van der Waals surface area contributed by atoms with Crippen molar-refractivity contribution in [1.82, 2.24) is 0 Å². The summed E-state index contributed by atoms with van der Waals surface area (Å²) in [6.45, 7) is 2.12. The minimum atomic E-state index is -4.14. The summed E-state index contributed by atoms with van der Waals surface area (Å²) in [7, 11) is -4.14. The lowest BCUT2D eigenvalue weighted by Gasteiger charge is -2.22. The SMILES string of the molecule is CP(=O)([O-])[O-].[NH3+]Cc1ccco1.[NH3+]Cc1ccco1. The molecule has 0 unspecified atom stereocenters. The first-order chi connectivity index (χ1) is 8.86. The minimum Gasteiger partial charge on any atom is -0.811 e.